The molecule has 27 heavy (non-hydrogen) atoms. The molecule has 0 aliphatic heterocycles. The average molecular weight is 414 g/mol. The highest BCUT2D eigenvalue weighted by Gasteiger charge is 2.14. The minimum atomic E-state index is -0.173. The second-order valence-corrected chi connectivity index (χ2v) is 8.31. The van der Waals surface area contributed by atoms with Gasteiger partial charge in [0.2, 0.25) is 0 Å². The van der Waals surface area contributed by atoms with Crippen molar-refractivity contribution in [2.24, 2.45) is 0 Å². The van der Waals surface area contributed by atoms with Gasteiger partial charge in [-0.3, -0.25) is 9.36 Å². The standard InChI is InChI=1S/C19H15N3O2S3/c1-24-14-9-5-8-13(10-14)22-16-15(27-19(22)25)17(23)21-18(20-16)26-11-12-6-3-2-4-7-12/h2-10H,11H2,1H3,(H,20,21,23). The van der Waals surface area contributed by atoms with Crippen LogP contribution in [0.2, 0.25) is 0 Å². The Kier molecular flexibility index (Phi) is 5.11. The molecule has 0 bridgehead atoms. The maximum atomic E-state index is 12.5. The molecule has 0 fully saturated rings. The van der Waals surface area contributed by atoms with E-state index in [9.17, 15) is 4.79 Å². The molecule has 0 atom stereocenters. The number of nitrogens with one attached hydrogen (secondary N) is 1. The van der Waals surface area contributed by atoms with Crippen LogP contribution >= 0.6 is 35.3 Å². The second kappa shape index (κ2) is 7.67. The van der Waals surface area contributed by atoms with Crippen molar-refractivity contribution >= 4 is 45.7 Å². The highest BCUT2D eigenvalue weighted by atomic mass is 32.2. The summed E-state index contributed by atoms with van der Waals surface area (Å²) >= 11 is 8.25. The van der Waals surface area contributed by atoms with E-state index in [2.05, 4.69) is 9.97 Å². The van der Waals surface area contributed by atoms with Crippen molar-refractivity contribution in [1.29, 1.82) is 0 Å². The smallest absolute Gasteiger partial charge is 0.271 e. The molecule has 0 saturated carbocycles. The van der Waals surface area contributed by atoms with Crippen molar-refractivity contribution in [3.05, 3.63) is 74.5 Å². The first-order chi connectivity index (χ1) is 13.2. The van der Waals surface area contributed by atoms with Crippen LogP contribution in [-0.2, 0) is 5.75 Å². The average Bonchev–Trinajstić information content (AvgIpc) is 3.04. The normalized spacial score (nSPS) is 11.0. The monoisotopic (exact) mass is 413 g/mol. The third-order valence-electron chi connectivity index (χ3n) is 3.95. The zero-order valence-corrected chi connectivity index (χ0v) is 16.8. The zero-order valence-electron chi connectivity index (χ0n) is 14.3. The number of aromatic nitrogens is 3. The molecule has 0 spiro atoms. The Hall–Kier alpha value is -2.42. The summed E-state index contributed by atoms with van der Waals surface area (Å²) in [5.41, 5.74) is 2.38. The van der Waals surface area contributed by atoms with Gasteiger partial charge in [-0.1, -0.05) is 59.5 Å². The van der Waals surface area contributed by atoms with Gasteiger partial charge in [-0.05, 0) is 29.9 Å². The summed E-state index contributed by atoms with van der Waals surface area (Å²) in [6, 6.07) is 17.6. The molecule has 1 N–H and O–H groups in total. The molecule has 0 aliphatic rings. The van der Waals surface area contributed by atoms with Crippen molar-refractivity contribution in [1.82, 2.24) is 14.5 Å². The molecule has 0 aliphatic carbocycles. The molecular formula is C19H15N3O2S3. The van der Waals surface area contributed by atoms with E-state index in [1.54, 1.807) is 7.11 Å². The van der Waals surface area contributed by atoms with Crippen LogP contribution in [0.15, 0.2) is 64.5 Å². The van der Waals surface area contributed by atoms with Crippen LogP contribution in [0.4, 0.5) is 0 Å². The van der Waals surface area contributed by atoms with Crippen LogP contribution in [0.25, 0.3) is 16.0 Å². The quantitative estimate of drug-likeness (QED) is 0.289. The molecule has 4 rings (SSSR count). The number of H-pyrrole nitrogens is 1. The number of hydrogen-bond donors (Lipinski definition) is 1. The third-order valence-corrected chi connectivity index (χ3v) is 6.26. The van der Waals surface area contributed by atoms with E-state index < -0.39 is 0 Å². The number of rotatable bonds is 5. The minimum Gasteiger partial charge on any atom is -0.497 e. The van der Waals surface area contributed by atoms with Crippen molar-refractivity contribution in [2.75, 3.05) is 7.11 Å². The highest BCUT2D eigenvalue weighted by Crippen LogP contribution is 2.27. The fraction of sp³-hybridized carbons (Fsp3) is 0.105. The van der Waals surface area contributed by atoms with E-state index in [-0.39, 0.29) is 5.56 Å². The molecule has 5 nitrogen and oxygen atoms in total. The lowest BCUT2D eigenvalue weighted by Gasteiger charge is -2.07. The summed E-state index contributed by atoms with van der Waals surface area (Å²) in [5, 5.41) is 0.570. The maximum absolute atomic E-state index is 12.5. The third kappa shape index (κ3) is 3.69. The van der Waals surface area contributed by atoms with Gasteiger partial charge in [0.05, 0.1) is 12.8 Å². The fourth-order valence-electron chi connectivity index (χ4n) is 2.66. The molecule has 4 aromatic rings. The number of aromatic amines is 1. The molecule has 136 valence electrons. The van der Waals surface area contributed by atoms with Gasteiger partial charge in [-0.15, -0.1) is 0 Å². The van der Waals surface area contributed by atoms with Crippen LogP contribution in [-0.4, -0.2) is 21.6 Å². The first-order valence-electron chi connectivity index (χ1n) is 8.13. The first-order valence-corrected chi connectivity index (χ1v) is 10.3. The Morgan fingerprint density at radius 3 is 2.81 bits per heavy atom. The molecule has 0 amide bonds. The maximum Gasteiger partial charge on any atom is 0.271 e. The summed E-state index contributed by atoms with van der Waals surface area (Å²) in [4.78, 5) is 20.1. The van der Waals surface area contributed by atoms with Crippen LogP contribution in [0, 0.1) is 3.95 Å². The predicted molar refractivity (Wildman–Crippen MR) is 113 cm³/mol. The lowest BCUT2D eigenvalue weighted by atomic mass is 10.2. The lowest BCUT2D eigenvalue weighted by molar-refractivity contribution is 0.414. The Morgan fingerprint density at radius 2 is 2.04 bits per heavy atom. The van der Waals surface area contributed by atoms with Crippen LogP contribution in [0.5, 0.6) is 5.75 Å². The van der Waals surface area contributed by atoms with E-state index in [1.165, 1.54) is 28.7 Å². The van der Waals surface area contributed by atoms with E-state index in [0.29, 0.717) is 19.5 Å². The van der Waals surface area contributed by atoms with E-state index >= 15 is 0 Å². The van der Waals surface area contributed by atoms with E-state index in [1.807, 2.05) is 59.2 Å². The molecule has 2 aromatic heterocycles. The lowest BCUT2D eigenvalue weighted by Crippen LogP contribution is -2.09. The Labute approximate surface area is 168 Å². The summed E-state index contributed by atoms with van der Waals surface area (Å²) in [6.45, 7) is 0. The number of ether oxygens (including phenoxy) is 1. The van der Waals surface area contributed by atoms with Gasteiger partial charge in [0.15, 0.2) is 14.8 Å². The van der Waals surface area contributed by atoms with Gasteiger partial charge in [-0.25, -0.2) is 4.98 Å². The number of benzene rings is 2. The van der Waals surface area contributed by atoms with Gasteiger partial charge in [0.25, 0.3) is 5.56 Å². The largest absolute Gasteiger partial charge is 0.497 e. The number of hydrogen-bond acceptors (Lipinski definition) is 6. The second-order valence-electron chi connectivity index (χ2n) is 5.70. The fourth-order valence-corrected chi connectivity index (χ4v) is 4.75. The molecule has 2 aromatic carbocycles. The molecule has 0 radical (unpaired) electrons. The Morgan fingerprint density at radius 1 is 1.22 bits per heavy atom. The van der Waals surface area contributed by atoms with E-state index in [4.69, 9.17) is 17.0 Å². The van der Waals surface area contributed by atoms with Crippen LogP contribution in [0.1, 0.15) is 5.56 Å². The summed E-state index contributed by atoms with van der Waals surface area (Å²) in [5.74, 6) is 1.44. The number of fused-ring (bicyclic) bond motifs is 1. The van der Waals surface area contributed by atoms with Gasteiger partial charge in [0, 0.05) is 11.8 Å². The molecule has 0 saturated heterocycles. The zero-order chi connectivity index (χ0) is 18.8. The number of methoxy groups -OCH3 is 1. The summed E-state index contributed by atoms with van der Waals surface area (Å²) in [6.07, 6.45) is 0. The van der Waals surface area contributed by atoms with Crippen LogP contribution < -0.4 is 10.3 Å². The molecule has 8 heteroatoms. The van der Waals surface area contributed by atoms with Gasteiger partial charge < -0.3 is 9.72 Å². The SMILES string of the molecule is COc1cccc(-n2c(=S)sc3c(=O)[nH]c(SCc4ccccc4)nc32)c1. The van der Waals surface area contributed by atoms with Gasteiger partial charge >= 0.3 is 0 Å². The number of thiazole rings is 1. The van der Waals surface area contributed by atoms with Crippen molar-refractivity contribution in [3.63, 3.8) is 0 Å². The van der Waals surface area contributed by atoms with Gasteiger partial charge in [0.1, 0.15) is 10.4 Å². The summed E-state index contributed by atoms with van der Waals surface area (Å²) in [7, 11) is 1.62. The molecule has 0 unspecified atom stereocenters. The molecular weight excluding hydrogens is 398 g/mol. The number of thioether (sulfide) groups is 1. The van der Waals surface area contributed by atoms with Crippen molar-refractivity contribution in [2.45, 2.75) is 10.9 Å². The van der Waals surface area contributed by atoms with Crippen molar-refractivity contribution in [3.8, 4) is 11.4 Å². The number of nitrogens with zero attached hydrogens (tertiary/aromatic N) is 2. The molecule has 2 heterocycles. The summed E-state index contributed by atoms with van der Waals surface area (Å²) < 4.78 is 8.21. The predicted octanol–water partition coefficient (Wildman–Crippen LogP) is 4.81. The minimum absolute atomic E-state index is 0.173. The van der Waals surface area contributed by atoms with Crippen LogP contribution in [0.3, 0.4) is 0 Å². The van der Waals surface area contributed by atoms with Gasteiger partial charge in [-0.2, -0.15) is 0 Å². The first kappa shape index (κ1) is 18.0. The Bertz CT molecular complexity index is 1210. The highest BCUT2D eigenvalue weighted by molar-refractivity contribution is 7.98. The van der Waals surface area contributed by atoms with Crippen molar-refractivity contribution < 1.29 is 4.74 Å². The Balaban J connectivity index is 1.78. The van der Waals surface area contributed by atoms with E-state index in [0.717, 1.165) is 17.2 Å². The topological polar surface area (TPSA) is 59.9 Å².